The predicted octanol–water partition coefficient (Wildman–Crippen LogP) is 2.67. The van der Waals surface area contributed by atoms with Gasteiger partial charge in [-0.15, -0.1) is 0 Å². The summed E-state index contributed by atoms with van der Waals surface area (Å²) >= 11 is 0. The van der Waals surface area contributed by atoms with Crippen molar-refractivity contribution in [3.63, 3.8) is 0 Å². The topological polar surface area (TPSA) is 29.1 Å². The monoisotopic (exact) mass is 195 g/mol. The Bertz CT molecular complexity index is 228. The van der Waals surface area contributed by atoms with Gasteiger partial charge in [0.05, 0.1) is 0 Å². The first-order chi connectivity index (χ1) is 6.65. The summed E-state index contributed by atoms with van der Waals surface area (Å²) in [6, 6.07) is 0. The highest BCUT2D eigenvalue weighted by atomic mass is 16.1. The van der Waals surface area contributed by atoms with Crippen molar-refractivity contribution in [2.75, 3.05) is 7.05 Å². The van der Waals surface area contributed by atoms with Crippen LogP contribution < -0.4 is 5.32 Å². The molecular weight excluding hydrogens is 174 g/mol. The summed E-state index contributed by atoms with van der Waals surface area (Å²) in [5.41, 5.74) is 1.24. The van der Waals surface area contributed by atoms with Crippen molar-refractivity contribution in [2.45, 2.75) is 33.6 Å². The molecule has 1 amide bonds. The molecule has 0 radical (unpaired) electrons. The number of carbonyl (C=O) groups excluding carboxylic acids is 1. The molecule has 0 saturated carbocycles. The van der Waals surface area contributed by atoms with Gasteiger partial charge >= 0.3 is 0 Å². The molecule has 2 nitrogen and oxygen atoms in total. The van der Waals surface area contributed by atoms with Crippen LogP contribution in [0.2, 0.25) is 0 Å². The molecule has 0 bridgehead atoms. The third kappa shape index (κ3) is 4.85. The number of nitrogens with one attached hydrogen (secondary N) is 1. The third-order valence-corrected chi connectivity index (χ3v) is 2.08. The van der Waals surface area contributed by atoms with Crippen LogP contribution in [0.5, 0.6) is 0 Å². The maximum atomic E-state index is 11.3. The molecule has 14 heavy (non-hydrogen) atoms. The normalized spacial score (nSPS) is 14.4. The van der Waals surface area contributed by atoms with Gasteiger partial charge in [0, 0.05) is 13.0 Å². The van der Waals surface area contributed by atoms with E-state index >= 15 is 0 Å². The van der Waals surface area contributed by atoms with Crippen molar-refractivity contribution in [3.05, 3.63) is 23.8 Å². The van der Waals surface area contributed by atoms with E-state index in [0.29, 0.717) is 0 Å². The zero-order valence-corrected chi connectivity index (χ0v) is 9.63. The number of carbonyl (C=O) groups is 1. The second-order valence-corrected chi connectivity index (χ2v) is 3.41. The summed E-state index contributed by atoms with van der Waals surface area (Å²) in [5, 5.41) is 2.66. The van der Waals surface area contributed by atoms with Crippen LogP contribution in [-0.2, 0) is 4.79 Å². The highest BCUT2D eigenvalue weighted by molar-refractivity contribution is 5.78. The first kappa shape index (κ1) is 12.9. The summed E-state index contributed by atoms with van der Waals surface area (Å²) in [4.78, 5) is 11.3. The van der Waals surface area contributed by atoms with Crippen LogP contribution in [0.1, 0.15) is 33.6 Å². The quantitative estimate of drug-likeness (QED) is 0.671. The lowest BCUT2D eigenvalue weighted by atomic mass is 9.99. The fraction of sp³-hybridized carbons (Fsp3) is 0.583. The van der Waals surface area contributed by atoms with E-state index in [0.717, 1.165) is 12.8 Å². The van der Waals surface area contributed by atoms with Gasteiger partial charge in [0.2, 0.25) is 5.91 Å². The molecule has 0 rings (SSSR count). The molecule has 0 spiro atoms. The fourth-order valence-electron chi connectivity index (χ4n) is 1.39. The van der Waals surface area contributed by atoms with Crippen molar-refractivity contribution in [1.29, 1.82) is 0 Å². The minimum Gasteiger partial charge on any atom is -0.359 e. The Morgan fingerprint density at radius 1 is 1.50 bits per heavy atom. The lowest BCUT2D eigenvalue weighted by Crippen LogP contribution is -2.25. The summed E-state index contributed by atoms with van der Waals surface area (Å²) in [6.45, 7) is 6.05. The lowest BCUT2D eigenvalue weighted by Gasteiger charge is -2.10. The molecule has 0 heterocycles. The zero-order valence-electron chi connectivity index (χ0n) is 9.63. The first-order valence-corrected chi connectivity index (χ1v) is 5.19. The molecule has 0 aliphatic rings. The molecule has 0 aliphatic carbocycles. The predicted molar refractivity (Wildman–Crippen MR) is 61.0 cm³/mol. The Balaban J connectivity index is 4.30. The first-order valence-electron chi connectivity index (χ1n) is 5.19. The van der Waals surface area contributed by atoms with Crippen molar-refractivity contribution in [3.8, 4) is 0 Å². The van der Waals surface area contributed by atoms with Crippen LogP contribution in [0, 0.1) is 5.92 Å². The molecule has 0 aliphatic heterocycles. The third-order valence-electron chi connectivity index (χ3n) is 2.08. The van der Waals surface area contributed by atoms with E-state index in [-0.39, 0.29) is 11.8 Å². The van der Waals surface area contributed by atoms with Crippen molar-refractivity contribution in [1.82, 2.24) is 5.32 Å². The van der Waals surface area contributed by atoms with Gasteiger partial charge in [-0.25, -0.2) is 0 Å². The fourth-order valence-corrected chi connectivity index (χ4v) is 1.39. The molecule has 0 aromatic rings. The van der Waals surface area contributed by atoms with Gasteiger partial charge in [-0.1, -0.05) is 37.6 Å². The van der Waals surface area contributed by atoms with E-state index in [9.17, 15) is 4.79 Å². The summed E-state index contributed by atoms with van der Waals surface area (Å²) in [7, 11) is 1.68. The molecule has 80 valence electrons. The molecule has 1 atom stereocenters. The summed E-state index contributed by atoms with van der Waals surface area (Å²) in [5.74, 6) is 0.158. The minimum atomic E-state index is 0.0500. The van der Waals surface area contributed by atoms with Crippen molar-refractivity contribution >= 4 is 5.91 Å². The van der Waals surface area contributed by atoms with Gasteiger partial charge in [-0.3, -0.25) is 4.79 Å². The highest BCUT2D eigenvalue weighted by Gasteiger charge is 2.11. The largest absolute Gasteiger partial charge is 0.359 e. The van der Waals surface area contributed by atoms with Gasteiger partial charge in [-0.2, -0.15) is 0 Å². The second-order valence-electron chi connectivity index (χ2n) is 3.41. The van der Waals surface area contributed by atoms with Crippen LogP contribution in [0.3, 0.4) is 0 Å². The van der Waals surface area contributed by atoms with Crippen LogP contribution >= 0.6 is 0 Å². The zero-order chi connectivity index (χ0) is 11.0. The molecule has 0 aromatic carbocycles. The molecule has 1 unspecified atom stereocenters. The Morgan fingerprint density at radius 2 is 2.14 bits per heavy atom. The Kier molecular flexibility index (Phi) is 6.81. The number of hydrogen-bond acceptors (Lipinski definition) is 1. The van der Waals surface area contributed by atoms with E-state index in [2.05, 4.69) is 24.4 Å². The maximum absolute atomic E-state index is 11.3. The van der Waals surface area contributed by atoms with E-state index in [1.807, 2.05) is 19.9 Å². The number of allylic oxidation sites excluding steroid dienone is 4. The SMILES string of the molecule is C/C=C\C(=C/CC)CC(C)C(=O)NC. The van der Waals surface area contributed by atoms with Crippen LogP contribution in [0.25, 0.3) is 0 Å². The lowest BCUT2D eigenvalue weighted by molar-refractivity contribution is -0.123. The van der Waals surface area contributed by atoms with Gasteiger partial charge < -0.3 is 5.32 Å². The average Bonchev–Trinajstić information content (AvgIpc) is 2.17. The summed E-state index contributed by atoms with van der Waals surface area (Å²) < 4.78 is 0. The van der Waals surface area contributed by atoms with E-state index in [1.165, 1.54) is 5.57 Å². The standard InChI is InChI=1S/C12H21NO/c1-5-7-11(8-6-2)9-10(3)12(14)13-4/h5,7-8,10H,6,9H2,1-4H3,(H,13,14)/b7-5-,11-8+. The number of rotatable bonds is 5. The van der Waals surface area contributed by atoms with E-state index in [1.54, 1.807) is 7.05 Å². The number of amides is 1. The van der Waals surface area contributed by atoms with Gasteiger partial charge in [0.15, 0.2) is 0 Å². The van der Waals surface area contributed by atoms with E-state index in [4.69, 9.17) is 0 Å². The minimum absolute atomic E-state index is 0.0500. The van der Waals surface area contributed by atoms with Gasteiger partial charge in [0.25, 0.3) is 0 Å². The van der Waals surface area contributed by atoms with Gasteiger partial charge in [-0.05, 0) is 19.8 Å². The highest BCUT2D eigenvalue weighted by Crippen LogP contribution is 2.13. The van der Waals surface area contributed by atoms with Gasteiger partial charge in [0.1, 0.15) is 0 Å². The number of hydrogen-bond donors (Lipinski definition) is 1. The Hall–Kier alpha value is -1.05. The Labute approximate surface area is 87.1 Å². The van der Waals surface area contributed by atoms with Crippen molar-refractivity contribution < 1.29 is 4.79 Å². The van der Waals surface area contributed by atoms with E-state index < -0.39 is 0 Å². The Morgan fingerprint density at radius 3 is 2.57 bits per heavy atom. The van der Waals surface area contributed by atoms with Crippen LogP contribution in [-0.4, -0.2) is 13.0 Å². The smallest absolute Gasteiger partial charge is 0.222 e. The maximum Gasteiger partial charge on any atom is 0.222 e. The molecular formula is C12H21NO. The molecule has 2 heteroatoms. The van der Waals surface area contributed by atoms with Crippen LogP contribution in [0.15, 0.2) is 23.8 Å². The summed E-state index contributed by atoms with van der Waals surface area (Å²) in [6.07, 6.45) is 8.08. The van der Waals surface area contributed by atoms with Crippen molar-refractivity contribution in [2.24, 2.45) is 5.92 Å². The second kappa shape index (κ2) is 7.36. The molecule has 0 aromatic heterocycles. The molecule has 1 N–H and O–H groups in total. The average molecular weight is 195 g/mol. The molecule has 0 saturated heterocycles. The molecule has 0 fully saturated rings. The van der Waals surface area contributed by atoms with Crippen LogP contribution in [0.4, 0.5) is 0 Å².